The van der Waals surface area contributed by atoms with Gasteiger partial charge in [0.2, 0.25) is 5.16 Å². The van der Waals surface area contributed by atoms with E-state index in [2.05, 4.69) is 22.0 Å². The summed E-state index contributed by atoms with van der Waals surface area (Å²) in [5.74, 6) is -0.467. The molecule has 1 unspecified atom stereocenters. The predicted octanol–water partition coefficient (Wildman–Crippen LogP) is 1.75. The van der Waals surface area contributed by atoms with Gasteiger partial charge in [0.15, 0.2) is 5.79 Å². The van der Waals surface area contributed by atoms with Gasteiger partial charge in [-0.3, -0.25) is 0 Å². The van der Waals surface area contributed by atoms with Gasteiger partial charge in [0.1, 0.15) is 0 Å². The molecular weight excluding hydrogens is 248 g/mol. The number of hydrogen-bond acceptors (Lipinski definition) is 7. The lowest BCUT2D eigenvalue weighted by Gasteiger charge is -2.16. The van der Waals surface area contributed by atoms with Gasteiger partial charge in [-0.2, -0.15) is 9.36 Å². The van der Waals surface area contributed by atoms with E-state index in [1.165, 1.54) is 11.5 Å². The fraction of sp³-hybridized carbons (Fsp3) is 0.778. The van der Waals surface area contributed by atoms with Crippen LogP contribution in [0.25, 0.3) is 0 Å². The Morgan fingerprint density at radius 1 is 1.62 bits per heavy atom. The van der Waals surface area contributed by atoms with Gasteiger partial charge in [0.25, 0.3) is 5.19 Å². The first-order valence-corrected chi connectivity index (χ1v) is 6.24. The lowest BCUT2D eigenvalue weighted by Crippen LogP contribution is -2.22. The molecule has 7 heteroatoms. The second-order valence-corrected chi connectivity index (χ2v) is 5.06. The van der Waals surface area contributed by atoms with Crippen LogP contribution in [0.2, 0.25) is 0 Å². The molecule has 1 aliphatic rings. The summed E-state index contributed by atoms with van der Waals surface area (Å²) in [6, 6.07) is 0. The molecule has 2 rings (SSSR count). The molecule has 1 aliphatic heterocycles. The Labute approximate surface area is 104 Å². The molecule has 0 radical (unpaired) electrons. The molecule has 1 fully saturated rings. The second kappa shape index (κ2) is 4.87. The molecule has 0 amide bonds. The molecule has 1 aromatic heterocycles. The van der Waals surface area contributed by atoms with Gasteiger partial charge < -0.3 is 14.2 Å². The SMILES string of the molecule is CC1(C)OCC(CCOc2nc(S)ns2)O1. The van der Waals surface area contributed by atoms with Crippen molar-refractivity contribution in [3.05, 3.63) is 0 Å². The molecule has 1 saturated heterocycles. The van der Waals surface area contributed by atoms with E-state index in [1.54, 1.807) is 0 Å². The molecule has 16 heavy (non-hydrogen) atoms. The van der Waals surface area contributed by atoms with Gasteiger partial charge >= 0.3 is 0 Å². The van der Waals surface area contributed by atoms with Crippen LogP contribution in [0.1, 0.15) is 20.3 Å². The highest BCUT2D eigenvalue weighted by Crippen LogP contribution is 2.24. The van der Waals surface area contributed by atoms with E-state index in [9.17, 15) is 0 Å². The lowest BCUT2D eigenvalue weighted by molar-refractivity contribution is -0.139. The van der Waals surface area contributed by atoms with Gasteiger partial charge in [0.05, 0.1) is 19.3 Å². The van der Waals surface area contributed by atoms with Gasteiger partial charge in [0, 0.05) is 18.0 Å². The molecular formula is C9H14N2O3S2. The maximum atomic E-state index is 5.64. The van der Waals surface area contributed by atoms with Crippen molar-refractivity contribution >= 4 is 24.2 Å². The van der Waals surface area contributed by atoms with E-state index in [0.717, 1.165) is 6.42 Å². The minimum absolute atomic E-state index is 0.0957. The zero-order valence-electron chi connectivity index (χ0n) is 9.17. The summed E-state index contributed by atoms with van der Waals surface area (Å²) in [6.45, 7) is 4.98. The largest absolute Gasteiger partial charge is 0.469 e. The molecule has 0 saturated carbocycles. The predicted molar refractivity (Wildman–Crippen MR) is 62.2 cm³/mol. The van der Waals surface area contributed by atoms with E-state index >= 15 is 0 Å². The fourth-order valence-corrected chi connectivity index (χ4v) is 2.19. The van der Waals surface area contributed by atoms with Crippen LogP contribution in [0.5, 0.6) is 5.19 Å². The molecule has 0 aliphatic carbocycles. The molecule has 0 aromatic carbocycles. The highest BCUT2D eigenvalue weighted by atomic mass is 32.1. The van der Waals surface area contributed by atoms with Crippen molar-refractivity contribution in [2.45, 2.75) is 37.3 Å². The van der Waals surface area contributed by atoms with Crippen LogP contribution in [-0.2, 0) is 9.47 Å². The third kappa shape index (κ3) is 3.31. The molecule has 1 atom stereocenters. The standard InChI is InChI=1S/C9H14N2O3S2/c1-9(2)13-5-6(14-9)3-4-12-8-10-7(15)11-16-8/h6H,3-5H2,1-2H3,(H,11,15). The quantitative estimate of drug-likeness (QED) is 0.838. The first-order valence-electron chi connectivity index (χ1n) is 5.02. The Bertz CT molecular complexity index is 356. The van der Waals surface area contributed by atoms with Crippen molar-refractivity contribution in [3.63, 3.8) is 0 Å². The molecule has 90 valence electrons. The van der Waals surface area contributed by atoms with Crippen LogP contribution in [0.3, 0.4) is 0 Å². The summed E-state index contributed by atoms with van der Waals surface area (Å²) in [7, 11) is 0. The summed E-state index contributed by atoms with van der Waals surface area (Å²) in [6.07, 6.45) is 0.878. The summed E-state index contributed by atoms with van der Waals surface area (Å²) < 4.78 is 20.4. The summed E-state index contributed by atoms with van der Waals surface area (Å²) >= 11 is 5.20. The third-order valence-corrected chi connectivity index (χ3v) is 3.09. The van der Waals surface area contributed by atoms with Gasteiger partial charge in [-0.15, -0.1) is 12.6 Å². The minimum atomic E-state index is -0.467. The number of hydrogen-bond donors (Lipinski definition) is 1. The van der Waals surface area contributed by atoms with Gasteiger partial charge in [-0.05, 0) is 13.8 Å². The highest BCUT2D eigenvalue weighted by Gasteiger charge is 2.32. The zero-order valence-corrected chi connectivity index (χ0v) is 10.9. The molecule has 0 spiro atoms. The Hall–Kier alpha value is -0.370. The van der Waals surface area contributed by atoms with Gasteiger partial charge in [-0.1, -0.05) is 0 Å². The number of nitrogens with zero attached hydrogens (tertiary/aromatic N) is 2. The summed E-state index contributed by atoms with van der Waals surface area (Å²) in [5, 5.41) is 0.991. The second-order valence-electron chi connectivity index (χ2n) is 3.95. The van der Waals surface area contributed by atoms with E-state index in [1.807, 2.05) is 13.8 Å². The van der Waals surface area contributed by atoms with Crippen LogP contribution >= 0.6 is 24.2 Å². The van der Waals surface area contributed by atoms with Crippen molar-refractivity contribution in [2.24, 2.45) is 0 Å². The molecule has 2 heterocycles. The maximum Gasteiger partial charge on any atom is 0.293 e. The Kier molecular flexibility index (Phi) is 3.68. The van der Waals surface area contributed by atoms with Crippen LogP contribution in [0, 0.1) is 0 Å². The summed E-state index contributed by atoms with van der Waals surface area (Å²) in [4.78, 5) is 3.98. The first kappa shape index (κ1) is 12.1. The average molecular weight is 262 g/mol. The third-order valence-electron chi connectivity index (χ3n) is 2.13. The Morgan fingerprint density at radius 3 is 3.00 bits per heavy atom. The maximum absolute atomic E-state index is 5.64. The van der Waals surface area contributed by atoms with E-state index in [-0.39, 0.29) is 6.10 Å². The van der Waals surface area contributed by atoms with E-state index < -0.39 is 5.79 Å². The topological polar surface area (TPSA) is 53.5 Å². The monoisotopic (exact) mass is 262 g/mol. The number of ether oxygens (including phenoxy) is 3. The van der Waals surface area contributed by atoms with E-state index in [0.29, 0.717) is 23.6 Å². The van der Waals surface area contributed by atoms with E-state index in [4.69, 9.17) is 14.2 Å². The molecule has 1 aromatic rings. The Morgan fingerprint density at radius 2 is 2.44 bits per heavy atom. The van der Waals surface area contributed by atoms with Crippen LogP contribution in [-0.4, -0.2) is 34.5 Å². The van der Waals surface area contributed by atoms with Gasteiger partial charge in [-0.25, -0.2) is 0 Å². The fourth-order valence-electron chi connectivity index (χ4n) is 1.44. The van der Waals surface area contributed by atoms with Crippen LogP contribution in [0.15, 0.2) is 5.16 Å². The Balaban J connectivity index is 1.69. The van der Waals surface area contributed by atoms with Crippen molar-refractivity contribution in [1.82, 2.24) is 9.36 Å². The first-order chi connectivity index (χ1) is 7.55. The molecule has 5 nitrogen and oxygen atoms in total. The smallest absolute Gasteiger partial charge is 0.293 e. The van der Waals surface area contributed by atoms with Crippen molar-refractivity contribution in [2.75, 3.05) is 13.2 Å². The van der Waals surface area contributed by atoms with Crippen molar-refractivity contribution in [1.29, 1.82) is 0 Å². The van der Waals surface area contributed by atoms with Crippen molar-refractivity contribution in [3.8, 4) is 5.19 Å². The van der Waals surface area contributed by atoms with Crippen LogP contribution < -0.4 is 4.74 Å². The normalized spacial score (nSPS) is 23.6. The van der Waals surface area contributed by atoms with Crippen LogP contribution in [0.4, 0.5) is 0 Å². The minimum Gasteiger partial charge on any atom is -0.469 e. The van der Waals surface area contributed by atoms with Crippen molar-refractivity contribution < 1.29 is 14.2 Å². The molecule has 0 N–H and O–H groups in total. The lowest BCUT2D eigenvalue weighted by atomic mass is 10.3. The summed E-state index contributed by atoms with van der Waals surface area (Å²) in [5.41, 5.74) is 0. The average Bonchev–Trinajstić information content (AvgIpc) is 2.73. The number of aromatic nitrogens is 2. The number of thiol groups is 1. The zero-order chi connectivity index (χ0) is 11.6. The molecule has 0 bridgehead atoms. The number of rotatable bonds is 4. The highest BCUT2D eigenvalue weighted by molar-refractivity contribution is 7.80.